The highest BCUT2D eigenvalue weighted by atomic mass is 16.5. The third kappa shape index (κ3) is 2.61. The van der Waals surface area contributed by atoms with Gasteiger partial charge in [0.2, 0.25) is 5.89 Å². The van der Waals surface area contributed by atoms with Gasteiger partial charge < -0.3 is 10.3 Å². The van der Waals surface area contributed by atoms with E-state index in [0.717, 1.165) is 25.1 Å². The second-order valence-electron chi connectivity index (χ2n) is 4.81. The van der Waals surface area contributed by atoms with Gasteiger partial charge in [0, 0.05) is 13.0 Å². The van der Waals surface area contributed by atoms with E-state index in [2.05, 4.69) is 37.8 Å². The van der Waals surface area contributed by atoms with Crippen LogP contribution < -0.4 is 5.73 Å². The molecule has 0 bridgehead atoms. The van der Waals surface area contributed by atoms with Crippen LogP contribution in [-0.4, -0.2) is 16.7 Å². The van der Waals surface area contributed by atoms with Gasteiger partial charge in [-0.2, -0.15) is 4.98 Å². The summed E-state index contributed by atoms with van der Waals surface area (Å²) in [5.74, 6) is 2.04. The monoisotopic (exact) mass is 225 g/mol. The van der Waals surface area contributed by atoms with Crippen LogP contribution in [0.25, 0.3) is 0 Å². The summed E-state index contributed by atoms with van der Waals surface area (Å²) in [5.41, 5.74) is 5.71. The Morgan fingerprint density at radius 3 is 2.38 bits per heavy atom. The van der Waals surface area contributed by atoms with Crippen LogP contribution in [0, 0.1) is 5.92 Å². The zero-order valence-corrected chi connectivity index (χ0v) is 10.8. The number of hydrogen-bond donors (Lipinski definition) is 1. The Hall–Kier alpha value is -0.900. The first-order valence-electron chi connectivity index (χ1n) is 6.11. The van der Waals surface area contributed by atoms with Crippen molar-refractivity contribution >= 4 is 0 Å². The van der Waals surface area contributed by atoms with Crippen molar-refractivity contribution in [3.8, 4) is 0 Å². The maximum atomic E-state index is 5.84. The van der Waals surface area contributed by atoms with Gasteiger partial charge in [-0.05, 0) is 18.8 Å². The van der Waals surface area contributed by atoms with Crippen molar-refractivity contribution in [2.75, 3.05) is 6.54 Å². The Bertz CT molecular complexity index is 308. The SMILES string of the molecule is CCC(CC)(CN)c1nc(CC(C)C)no1. The van der Waals surface area contributed by atoms with E-state index >= 15 is 0 Å². The van der Waals surface area contributed by atoms with Gasteiger partial charge in [0.15, 0.2) is 5.82 Å². The number of nitrogens with two attached hydrogens (primary N) is 1. The first kappa shape index (κ1) is 13.2. The van der Waals surface area contributed by atoms with Crippen LogP contribution in [0.5, 0.6) is 0 Å². The molecule has 0 aromatic carbocycles. The van der Waals surface area contributed by atoms with Gasteiger partial charge in [-0.15, -0.1) is 0 Å². The van der Waals surface area contributed by atoms with Gasteiger partial charge in [-0.25, -0.2) is 0 Å². The summed E-state index contributed by atoms with van der Waals surface area (Å²) in [6.07, 6.45) is 2.73. The van der Waals surface area contributed by atoms with Crippen molar-refractivity contribution in [1.29, 1.82) is 0 Å². The maximum Gasteiger partial charge on any atom is 0.234 e. The Morgan fingerprint density at radius 2 is 1.94 bits per heavy atom. The Morgan fingerprint density at radius 1 is 1.31 bits per heavy atom. The molecule has 0 fully saturated rings. The van der Waals surface area contributed by atoms with Gasteiger partial charge >= 0.3 is 0 Å². The summed E-state index contributed by atoms with van der Waals surface area (Å²) < 4.78 is 5.36. The molecule has 0 amide bonds. The first-order valence-corrected chi connectivity index (χ1v) is 6.11. The van der Waals surface area contributed by atoms with Crippen LogP contribution in [0.15, 0.2) is 4.52 Å². The van der Waals surface area contributed by atoms with Crippen LogP contribution >= 0.6 is 0 Å². The van der Waals surface area contributed by atoms with Gasteiger partial charge in [0.1, 0.15) is 0 Å². The first-order chi connectivity index (χ1) is 7.57. The molecular formula is C12H23N3O. The number of hydrogen-bond acceptors (Lipinski definition) is 4. The molecule has 4 nitrogen and oxygen atoms in total. The van der Waals surface area contributed by atoms with E-state index in [-0.39, 0.29) is 5.41 Å². The summed E-state index contributed by atoms with van der Waals surface area (Å²) in [6.45, 7) is 9.08. The minimum Gasteiger partial charge on any atom is -0.339 e. The maximum absolute atomic E-state index is 5.84. The molecule has 92 valence electrons. The molecule has 0 aliphatic heterocycles. The van der Waals surface area contributed by atoms with Crippen molar-refractivity contribution in [1.82, 2.24) is 10.1 Å². The van der Waals surface area contributed by atoms with Crippen LogP contribution in [-0.2, 0) is 11.8 Å². The smallest absolute Gasteiger partial charge is 0.234 e. The fourth-order valence-electron chi connectivity index (χ4n) is 1.85. The van der Waals surface area contributed by atoms with E-state index in [0.29, 0.717) is 18.4 Å². The van der Waals surface area contributed by atoms with E-state index in [1.54, 1.807) is 0 Å². The highest BCUT2D eigenvalue weighted by Crippen LogP contribution is 2.29. The zero-order chi connectivity index (χ0) is 12.2. The second kappa shape index (κ2) is 5.43. The van der Waals surface area contributed by atoms with Crippen LogP contribution in [0.1, 0.15) is 52.3 Å². The third-order valence-electron chi connectivity index (χ3n) is 3.26. The van der Waals surface area contributed by atoms with Crippen molar-refractivity contribution in [3.05, 3.63) is 11.7 Å². The molecule has 16 heavy (non-hydrogen) atoms. The summed E-state index contributed by atoms with van der Waals surface area (Å²) in [5, 5.41) is 4.02. The van der Waals surface area contributed by atoms with Gasteiger partial charge in [0.25, 0.3) is 0 Å². The number of aromatic nitrogens is 2. The highest BCUT2D eigenvalue weighted by molar-refractivity contribution is 5.05. The average molecular weight is 225 g/mol. The highest BCUT2D eigenvalue weighted by Gasteiger charge is 2.33. The number of nitrogens with zero attached hydrogens (tertiary/aromatic N) is 2. The summed E-state index contributed by atoms with van der Waals surface area (Å²) in [7, 11) is 0. The van der Waals surface area contributed by atoms with Crippen LogP contribution in [0.3, 0.4) is 0 Å². The molecule has 0 saturated carbocycles. The Balaban J connectivity index is 2.90. The fourth-order valence-corrected chi connectivity index (χ4v) is 1.85. The molecule has 0 aliphatic rings. The van der Waals surface area contributed by atoms with E-state index in [4.69, 9.17) is 10.3 Å². The van der Waals surface area contributed by atoms with Crippen molar-refractivity contribution in [2.45, 2.75) is 52.4 Å². The molecule has 1 aromatic heterocycles. The van der Waals surface area contributed by atoms with Crippen LogP contribution in [0.2, 0.25) is 0 Å². The largest absolute Gasteiger partial charge is 0.339 e. The van der Waals surface area contributed by atoms with E-state index in [1.807, 2.05) is 0 Å². The second-order valence-corrected chi connectivity index (χ2v) is 4.81. The van der Waals surface area contributed by atoms with E-state index in [9.17, 15) is 0 Å². The van der Waals surface area contributed by atoms with Crippen LogP contribution in [0.4, 0.5) is 0 Å². The molecule has 0 saturated heterocycles. The summed E-state index contributed by atoms with van der Waals surface area (Å²) in [6, 6.07) is 0. The topological polar surface area (TPSA) is 64.9 Å². The van der Waals surface area contributed by atoms with Gasteiger partial charge in [-0.1, -0.05) is 32.9 Å². The van der Waals surface area contributed by atoms with Crippen molar-refractivity contribution < 1.29 is 4.52 Å². The lowest BCUT2D eigenvalue weighted by molar-refractivity contribution is 0.266. The normalized spacial score (nSPS) is 12.4. The Kier molecular flexibility index (Phi) is 4.47. The molecule has 0 spiro atoms. The van der Waals surface area contributed by atoms with Gasteiger partial charge in [0.05, 0.1) is 5.41 Å². The molecule has 0 radical (unpaired) electrons. The summed E-state index contributed by atoms with van der Waals surface area (Å²) in [4.78, 5) is 4.48. The lowest BCUT2D eigenvalue weighted by atomic mass is 9.82. The molecule has 0 atom stereocenters. The molecule has 1 rings (SSSR count). The van der Waals surface area contributed by atoms with Crippen molar-refractivity contribution in [2.24, 2.45) is 11.7 Å². The van der Waals surface area contributed by atoms with Crippen molar-refractivity contribution in [3.63, 3.8) is 0 Å². The van der Waals surface area contributed by atoms with E-state index in [1.165, 1.54) is 0 Å². The van der Waals surface area contributed by atoms with Gasteiger partial charge in [-0.3, -0.25) is 0 Å². The minimum atomic E-state index is -0.137. The third-order valence-corrected chi connectivity index (χ3v) is 3.26. The predicted octanol–water partition coefficient (Wildman–Crippen LogP) is 2.28. The molecule has 0 unspecified atom stereocenters. The predicted molar refractivity (Wildman–Crippen MR) is 64.2 cm³/mol. The average Bonchev–Trinajstić information content (AvgIpc) is 2.70. The molecule has 1 heterocycles. The van der Waals surface area contributed by atoms with E-state index < -0.39 is 0 Å². The quantitative estimate of drug-likeness (QED) is 0.806. The molecule has 4 heteroatoms. The summed E-state index contributed by atoms with van der Waals surface area (Å²) >= 11 is 0. The standard InChI is InChI=1S/C12H23N3O/c1-5-12(6-2,8-13)11-14-10(15-16-11)7-9(3)4/h9H,5-8,13H2,1-4H3. The molecular weight excluding hydrogens is 202 g/mol. The number of rotatable bonds is 6. The molecule has 2 N–H and O–H groups in total. The minimum absolute atomic E-state index is 0.137. The Labute approximate surface area is 97.6 Å². The molecule has 1 aromatic rings. The zero-order valence-electron chi connectivity index (χ0n) is 10.8. The molecule has 0 aliphatic carbocycles. The lowest BCUT2D eigenvalue weighted by Gasteiger charge is -2.24. The fraction of sp³-hybridized carbons (Fsp3) is 0.833. The lowest BCUT2D eigenvalue weighted by Crippen LogP contribution is -2.34.